The Balaban J connectivity index is 2.39. The minimum Gasteiger partial charge on any atom is -0.330 e. The molecule has 2 aromatic heterocycles. The van der Waals surface area contributed by atoms with E-state index in [0.717, 1.165) is 28.8 Å². The number of H-pyrrole nitrogens is 1. The van der Waals surface area contributed by atoms with Gasteiger partial charge in [-0.25, -0.2) is 0 Å². The van der Waals surface area contributed by atoms with Crippen LogP contribution in [0.15, 0.2) is 24.4 Å². The minimum absolute atomic E-state index is 0.715. The van der Waals surface area contributed by atoms with Gasteiger partial charge in [0, 0.05) is 13.2 Å². The van der Waals surface area contributed by atoms with Crippen LogP contribution in [0.2, 0.25) is 0 Å². The van der Waals surface area contributed by atoms with Crippen LogP contribution < -0.4 is 0 Å². The van der Waals surface area contributed by atoms with Crippen LogP contribution in [0, 0.1) is 11.7 Å². The van der Waals surface area contributed by atoms with Gasteiger partial charge in [0.05, 0.1) is 22.4 Å². The summed E-state index contributed by atoms with van der Waals surface area (Å²) in [5, 5.41) is 4.49. The monoisotopic (exact) mass is 272 g/mol. The van der Waals surface area contributed by atoms with Crippen molar-refractivity contribution < 1.29 is 0 Å². The van der Waals surface area contributed by atoms with E-state index in [2.05, 4.69) is 46.7 Å². The predicted octanol–water partition coefficient (Wildman–Crippen LogP) is 3.29. The van der Waals surface area contributed by atoms with Gasteiger partial charge in [-0.3, -0.25) is 9.25 Å². The zero-order chi connectivity index (χ0) is 13.6. The maximum atomic E-state index is 5.48. The van der Waals surface area contributed by atoms with Gasteiger partial charge in [0.25, 0.3) is 0 Å². The van der Waals surface area contributed by atoms with Crippen LogP contribution in [0.3, 0.4) is 0 Å². The highest BCUT2D eigenvalue weighted by atomic mass is 32.1. The number of benzene rings is 1. The van der Waals surface area contributed by atoms with E-state index in [4.69, 9.17) is 12.2 Å². The summed E-state index contributed by atoms with van der Waals surface area (Å²) in [6.45, 7) is 4.19. The summed E-state index contributed by atoms with van der Waals surface area (Å²) in [6.07, 6.45) is 2.90. The molecule has 2 heterocycles. The van der Waals surface area contributed by atoms with Crippen LogP contribution in [0.25, 0.3) is 16.7 Å². The molecular weight excluding hydrogens is 256 g/mol. The standard InChI is InChI=1S/C14H16N4S/c1-4-10-12(8-17(3)16-10)18-11-7-5-6-9(2)13(11)15-14(18)19/h5-8H,4H2,1-3H3,(H,15,19). The SMILES string of the molecule is CCc1nn(C)cc1-n1c(=S)[nH]c2c(C)cccc21. The molecule has 98 valence electrons. The van der Waals surface area contributed by atoms with E-state index < -0.39 is 0 Å². The molecular formula is C14H16N4S. The molecule has 5 heteroatoms. The van der Waals surface area contributed by atoms with Gasteiger partial charge in [0.1, 0.15) is 0 Å². The molecule has 0 amide bonds. The van der Waals surface area contributed by atoms with E-state index in [9.17, 15) is 0 Å². The van der Waals surface area contributed by atoms with Gasteiger partial charge in [-0.05, 0) is 37.2 Å². The van der Waals surface area contributed by atoms with E-state index in [1.165, 1.54) is 5.56 Å². The fraction of sp³-hybridized carbons (Fsp3) is 0.286. The number of fused-ring (bicyclic) bond motifs is 1. The maximum Gasteiger partial charge on any atom is 0.182 e. The first-order valence-electron chi connectivity index (χ1n) is 6.35. The van der Waals surface area contributed by atoms with Crippen molar-refractivity contribution in [2.75, 3.05) is 0 Å². The first kappa shape index (κ1) is 12.2. The molecule has 0 radical (unpaired) electrons. The smallest absolute Gasteiger partial charge is 0.182 e. The Kier molecular flexibility index (Phi) is 2.78. The van der Waals surface area contributed by atoms with Crippen molar-refractivity contribution in [3.05, 3.63) is 40.4 Å². The molecule has 0 aliphatic rings. The average molecular weight is 272 g/mol. The van der Waals surface area contributed by atoms with Gasteiger partial charge in [-0.2, -0.15) is 5.10 Å². The van der Waals surface area contributed by atoms with Crippen molar-refractivity contribution in [2.45, 2.75) is 20.3 Å². The molecule has 0 bridgehead atoms. The Morgan fingerprint density at radius 3 is 2.89 bits per heavy atom. The van der Waals surface area contributed by atoms with Crippen LogP contribution in [0.5, 0.6) is 0 Å². The Bertz CT molecular complexity index is 807. The van der Waals surface area contributed by atoms with E-state index in [0.29, 0.717) is 4.77 Å². The summed E-state index contributed by atoms with van der Waals surface area (Å²) >= 11 is 5.48. The second-order valence-corrected chi connectivity index (χ2v) is 5.11. The quantitative estimate of drug-likeness (QED) is 0.727. The first-order valence-corrected chi connectivity index (χ1v) is 6.76. The third-order valence-corrected chi connectivity index (χ3v) is 3.67. The summed E-state index contributed by atoms with van der Waals surface area (Å²) in [5.41, 5.74) is 5.52. The highest BCUT2D eigenvalue weighted by Crippen LogP contribution is 2.23. The topological polar surface area (TPSA) is 38.5 Å². The normalized spacial score (nSPS) is 11.3. The lowest BCUT2D eigenvalue weighted by molar-refractivity contribution is 0.746. The van der Waals surface area contributed by atoms with Gasteiger partial charge in [0.2, 0.25) is 0 Å². The molecule has 0 atom stereocenters. The van der Waals surface area contributed by atoms with Crippen LogP contribution in [-0.4, -0.2) is 19.3 Å². The van der Waals surface area contributed by atoms with Crippen molar-refractivity contribution in [3.8, 4) is 5.69 Å². The van der Waals surface area contributed by atoms with Gasteiger partial charge in [0.15, 0.2) is 4.77 Å². The predicted molar refractivity (Wildman–Crippen MR) is 79.3 cm³/mol. The molecule has 0 aliphatic carbocycles. The summed E-state index contributed by atoms with van der Waals surface area (Å²) in [4.78, 5) is 3.30. The van der Waals surface area contributed by atoms with E-state index in [1.807, 2.05) is 17.9 Å². The molecule has 0 spiro atoms. The fourth-order valence-corrected chi connectivity index (χ4v) is 2.77. The van der Waals surface area contributed by atoms with Crippen molar-refractivity contribution in [3.63, 3.8) is 0 Å². The van der Waals surface area contributed by atoms with Crippen molar-refractivity contribution in [2.24, 2.45) is 7.05 Å². The molecule has 0 aliphatic heterocycles. The molecule has 0 saturated carbocycles. The van der Waals surface area contributed by atoms with Crippen LogP contribution >= 0.6 is 12.2 Å². The summed E-state index contributed by atoms with van der Waals surface area (Å²) in [7, 11) is 1.94. The molecule has 1 aromatic carbocycles. The highest BCUT2D eigenvalue weighted by Gasteiger charge is 2.13. The van der Waals surface area contributed by atoms with E-state index in [-0.39, 0.29) is 0 Å². The van der Waals surface area contributed by atoms with E-state index in [1.54, 1.807) is 0 Å². The molecule has 19 heavy (non-hydrogen) atoms. The Hall–Kier alpha value is -1.88. The van der Waals surface area contributed by atoms with E-state index >= 15 is 0 Å². The number of nitrogens with zero attached hydrogens (tertiary/aromatic N) is 3. The number of nitrogens with one attached hydrogen (secondary N) is 1. The number of para-hydroxylation sites is 1. The van der Waals surface area contributed by atoms with Gasteiger partial charge >= 0.3 is 0 Å². The number of hydrogen-bond acceptors (Lipinski definition) is 2. The first-order chi connectivity index (χ1) is 9.11. The molecule has 4 nitrogen and oxygen atoms in total. The van der Waals surface area contributed by atoms with Crippen LogP contribution in [0.4, 0.5) is 0 Å². The Labute approximate surface area is 116 Å². The van der Waals surface area contributed by atoms with Gasteiger partial charge < -0.3 is 4.98 Å². The average Bonchev–Trinajstić information content (AvgIpc) is 2.89. The third kappa shape index (κ3) is 1.81. The fourth-order valence-electron chi connectivity index (χ4n) is 2.47. The van der Waals surface area contributed by atoms with Gasteiger partial charge in [-0.1, -0.05) is 19.1 Å². The second kappa shape index (κ2) is 4.35. The lowest BCUT2D eigenvalue weighted by Gasteiger charge is -2.03. The van der Waals surface area contributed by atoms with Crippen LogP contribution in [0.1, 0.15) is 18.2 Å². The molecule has 3 rings (SSSR count). The minimum atomic E-state index is 0.715. The Morgan fingerprint density at radius 1 is 1.37 bits per heavy atom. The third-order valence-electron chi connectivity index (χ3n) is 3.39. The summed E-state index contributed by atoms with van der Waals surface area (Å²) < 4.78 is 4.63. The molecule has 1 N–H and O–H groups in total. The molecule has 0 saturated heterocycles. The van der Waals surface area contributed by atoms with Crippen molar-refractivity contribution in [1.29, 1.82) is 0 Å². The number of hydrogen-bond donors (Lipinski definition) is 1. The maximum absolute atomic E-state index is 5.48. The number of aryl methyl sites for hydroxylation is 3. The molecule has 0 fully saturated rings. The summed E-state index contributed by atoms with van der Waals surface area (Å²) in [6, 6.07) is 6.22. The zero-order valence-electron chi connectivity index (χ0n) is 11.3. The zero-order valence-corrected chi connectivity index (χ0v) is 12.1. The number of imidazole rings is 1. The largest absolute Gasteiger partial charge is 0.330 e. The highest BCUT2D eigenvalue weighted by molar-refractivity contribution is 7.71. The molecule has 3 aromatic rings. The van der Waals surface area contributed by atoms with Crippen LogP contribution in [-0.2, 0) is 13.5 Å². The molecule has 0 unspecified atom stereocenters. The Morgan fingerprint density at radius 2 is 2.16 bits per heavy atom. The lowest BCUT2D eigenvalue weighted by Crippen LogP contribution is -1.96. The number of rotatable bonds is 2. The van der Waals surface area contributed by atoms with Gasteiger partial charge in [-0.15, -0.1) is 0 Å². The van der Waals surface area contributed by atoms with Crippen molar-refractivity contribution in [1.82, 2.24) is 19.3 Å². The lowest BCUT2D eigenvalue weighted by atomic mass is 10.2. The number of aromatic nitrogens is 4. The number of aromatic amines is 1. The van der Waals surface area contributed by atoms with Crippen molar-refractivity contribution >= 4 is 23.3 Å². The second-order valence-electron chi connectivity index (χ2n) is 4.72. The summed E-state index contributed by atoms with van der Waals surface area (Å²) in [5.74, 6) is 0.